The molecule has 1 N–H and O–H groups in total. The number of thioether (sulfide) groups is 1. The normalized spacial score (nSPS) is 12.4. The molecular weight excluding hydrogens is 194 g/mol. The second-order valence-electron chi connectivity index (χ2n) is 3.80. The first-order chi connectivity index (χ1) is 6.47. The van der Waals surface area contributed by atoms with Crippen molar-refractivity contribution in [2.24, 2.45) is 5.92 Å². The van der Waals surface area contributed by atoms with E-state index in [0.29, 0.717) is 17.7 Å². The first-order valence-corrected chi connectivity index (χ1v) is 6.02. The second kappa shape index (κ2) is 6.93. The van der Waals surface area contributed by atoms with Crippen LogP contribution in [0.25, 0.3) is 0 Å². The first kappa shape index (κ1) is 13.6. The van der Waals surface area contributed by atoms with Crippen molar-refractivity contribution < 1.29 is 4.79 Å². The Kier molecular flexibility index (Phi) is 6.71. The average Bonchev–Trinajstić information content (AvgIpc) is 2.01. The summed E-state index contributed by atoms with van der Waals surface area (Å²) < 4.78 is 0. The van der Waals surface area contributed by atoms with Gasteiger partial charge in [-0.25, -0.2) is 0 Å². The molecule has 0 spiro atoms. The zero-order valence-corrected chi connectivity index (χ0v) is 10.6. The summed E-state index contributed by atoms with van der Waals surface area (Å²) in [5.74, 6) is 0.471. The van der Waals surface area contributed by atoms with Gasteiger partial charge in [0, 0.05) is 11.8 Å². The number of nitrogens with one attached hydrogen (secondary N) is 1. The van der Waals surface area contributed by atoms with E-state index in [-0.39, 0.29) is 5.91 Å². The Morgan fingerprint density at radius 3 is 2.29 bits per heavy atom. The van der Waals surface area contributed by atoms with Crippen molar-refractivity contribution >= 4 is 17.7 Å². The standard InChI is InChI=1S/C11H21NOS/c1-6-12-11(13)10(7-8(2)3)14-9(4)5/h7-9H,6H2,1-5H3,(H,12,13)/b10-7-. The molecule has 0 radical (unpaired) electrons. The van der Waals surface area contributed by atoms with Gasteiger partial charge in [0.05, 0.1) is 4.91 Å². The number of allylic oxidation sites excluding steroid dienone is 1. The van der Waals surface area contributed by atoms with Gasteiger partial charge in [0.25, 0.3) is 5.91 Å². The van der Waals surface area contributed by atoms with Gasteiger partial charge in [-0.3, -0.25) is 4.79 Å². The Morgan fingerprint density at radius 2 is 1.93 bits per heavy atom. The minimum atomic E-state index is 0.0555. The van der Waals surface area contributed by atoms with Crippen molar-refractivity contribution in [1.82, 2.24) is 5.32 Å². The summed E-state index contributed by atoms with van der Waals surface area (Å²) in [6, 6.07) is 0. The van der Waals surface area contributed by atoms with Crippen molar-refractivity contribution in [2.45, 2.75) is 39.9 Å². The summed E-state index contributed by atoms with van der Waals surface area (Å²) in [6.45, 7) is 11.0. The molecule has 0 saturated heterocycles. The van der Waals surface area contributed by atoms with E-state index in [9.17, 15) is 4.79 Å². The number of rotatable bonds is 5. The molecule has 14 heavy (non-hydrogen) atoms. The minimum absolute atomic E-state index is 0.0555. The third-order valence-electron chi connectivity index (χ3n) is 1.41. The lowest BCUT2D eigenvalue weighted by Gasteiger charge is -2.10. The topological polar surface area (TPSA) is 29.1 Å². The molecule has 0 rings (SSSR count). The smallest absolute Gasteiger partial charge is 0.257 e. The third kappa shape index (κ3) is 6.08. The third-order valence-corrected chi connectivity index (χ3v) is 2.46. The summed E-state index contributed by atoms with van der Waals surface area (Å²) in [6.07, 6.45) is 2.02. The molecule has 0 aliphatic heterocycles. The zero-order chi connectivity index (χ0) is 11.1. The number of likely N-dealkylation sites (N-methyl/N-ethyl adjacent to an activating group) is 1. The van der Waals surface area contributed by atoms with Crippen LogP contribution in [0, 0.1) is 5.92 Å². The van der Waals surface area contributed by atoms with Crippen LogP contribution >= 0.6 is 11.8 Å². The Labute approximate surface area is 91.5 Å². The van der Waals surface area contributed by atoms with Crippen molar-refractivity contribution in [2.75, 3.05) is 6.54 Å². The molecule has 0 heterocycles. The Hall–Kier alpha value is -0.440. The summed E-state index contributed by atoms with van der Waals surface area (Å²) in [5, 5.41) is 3.28. The van der Waals surface area contributed by atoms with Crippen LogP contribution in [0.4, 0.5) is 0 Å². The van der Waals surface area contributed by atoms with Gasteiger partial charge in [-0.1, -0.05) is 33.8 Å². The molecule has 0 fully saturated rings. The lowest BCUT2D eigenvalue weighted by molar-refractivity contribution is -0.116. The molecule has 82 valence electrons. The van der Waals surface area contributed by atoms with E-state index in [4.69, 9.17) is 0 Å². The van der Waals surface area contributed by atoms with Crippen LogP contribution in [0.15, 0.2) is 11.0 Å². The van der Waals surface area contributed by atoms with E-state index in [0.717, 1.165) is 4.91 Å². The number of carbonyl (C=O) groups is 1. The fourth-order valence-electron chi connectivity index (χ4n) is 0.973. The van der Waals surface area contributed by atoms with Crippen LogP contribution < -0.4 is 5.32 Å². The minimum Gasteiger partial charge on any atom is -0.352 e. The Balaban J connectivity index is 4.46. The second-order valence-corrected chi connectivity index (χ2v) is 5.42. The number of amides is 1. The molecule has 2 nitrogen and oxygen atoms in total. The lowest BCUT2D eigenvalue weighted by Crippen LogP contribution is -2.24. The average molecular weight is 215 g/mol. The van der Waals surface area contributed by atoms with E-state index in [1.807, 2.05) is 13.0 Å². The first-order valence-electron chi connectivity index (χ1n) is 5.14. The van der Waals surface area contributed by atoms with E-state index < -0.39 is 0 Å². The molecule has 0 aliphatic rings. The van der Waals surface area contributed by atoms with Crippen LogP contribution in [0.5, 0.6) is 0 Å². The van der Waals surface area contributed by atoms with Gasteiger partial charge < -0.3 is 5.32 Å². The van der Waals surface area contributed by atoms with E-state index in [2.05, 4.69) is 33.0 Å². The van der Waals surface area contributed by atoms with Crippen molar-refractivity contribution in [3.05, 3.63) is 11.0 Å². The van der Waals surface area contributed by atoms with E-state index in [1.54, 1.807) is 11.8 Å². The molecule has 3 heteroatoms. The SMILES string of the molecule is CCNC(=O)/C(=C/C(C)C)SC(C)C. The fraction of sp³-hybridized carbons (Fsp3) is 0.727. The highest BCUT2D eigenvalue weighted by Gasteiger charge is 2.11. The van der Waals surface area contributed by atoms with Gasteiger partial charge >= 0.3 is 0 Å². The van der Waals surface area contributed by atoms with Gasteiger partial charge in [-0.05, 0) is 12.8 Å². The highest BCUT2D eigenvalue weighted by molar-refractivity contribution is 8.04. The summed E-state index contributed by atoms with van der Waals surface area (Å²) in [7, 11) is 0. The van der Waals surface area contributed by atoms with Crippen LogP contribution in [0.2, 0.25) is 0 Å². The molecule has 0 atom stereocenters. The maximum Gasteiger partial charge on any atom is 0.257 e. The van der Waals surface area contributed by atoms with Crippen LogP contribution in [0.3, 0.4) is 0 Å². The molecule has 0 aliphatic carbocycles. The predicted octanol–water partition coefficient (Wildman–Crippen LogP) is 2.80. The maximum absolute atomic E-state index is 11.6. The van der Waals surface area contributed by atoms with Gasteiger partial charge in [-0.2, -0.15) is 0 Å². The summed E-state index contributed by atoms with van der Waals surface area (Å²) in [5.41, 5.74) is 0. The van der Waals surface area contributed by atoms with Crippen LogP contribution in [-0.4, -0.2) is 17.7 Å². The highest BCUT2D eigenvalue weighted by atomic mass is 32.2. The largest absolute Gasteiger partial charge is 0.352 e. The van der Waals surface area contributed by atoms with E-state index >= 15 is 0 Å². The van der Waals surface area contributed by atoms with Crippen molar-refractivity contribution in [3.8, 4) is 0 Å². The van der Waals surface area contributed by atoms with Gasteiger partial charge in [-0.15, -0.1) is 11.8 Å². The van der Waals surface area contributed by atoms with Gasteiger partial charge in [0.1, 0.15) is 0 Å². The zero-order valence-electron chi connectivity index (χ0n) is 9.76. The fourth-order valence-corrected chi connectivity index (χ4v) is 2.01. The Bertz CT molecular complexity index is 209. The van der Waals surface area contributed by atoms with Crippen molar-refractivity contribution in [3.63, 3.8) is 0 Å². The molecule has 0 aromatic carbocycles. The maximum atomic E-state index is 11.6. The molecule has 0 aromatic rings. The summed E-state index contributed by atoms with van der Waals surface area (Å²) >= 11 is 1.62. The summed E-state index contributed by atoms with van der Waals surface area (Å²) in [4.78, 5) is 12.5. The highest BCUT2D eigenvalue weighted by Crippen LogP contribution is 2.22. The number of hydrogen-bond acceptors (Lipinski definition) is 2. The molecule has 0 unspecified atom stereocenters. The molecular formula is C11H21NOS. The number of carbonyl (C=O) groups excluding carboxylic acids is 1. The van der Waals surface area contributed by atoms with Gasteiger partial charge in [0.15, 0.2) is 0 Å². The lowest BCUT2D eigenvalue weighted by atomic mass is 10.2. The van der Waals surface area contributed by atoms with Crippen molar-refractivity contribution in [1.29, 1.82) is 0 Å². The van der Waals surface area contributed by atoms with Gasteiger partial charge in [0.2, 0.25) is 0 Å². The molecule has 1 amide bonds. The van der Waals surface area contributed by atoms with E-state index in [1.165, 1.54) is 0 Å². The number of hydrogen-bond donors (Lipinski definition) is 1. The van der Waals surface area contributed by atoms with Crippen LogP contribution in [-0.2, 0) is 4.79 Å². The predicted molar refractivity (Wildman–Crippen MR) is 64.3 cm³/mol. The Morgan fingerprint density at radius 1 is 1.36 bits per heavy atom. The monoisotopic (exact) mass is 215 g/mol. The van der Waals surface area contributed by atoms with Crippen LogP contribution in [0.1, 0.15) is 34.6 Å². The molecule has 0 bridgehead atoms. The molecule has 0 saturated carbocycles. The quantitative estimate of drug-likeness (QED) is 0.715. The molecule has 0 aromatic heterocycles.